The summed E-state index contributed by atoms with van der Waals surface area (Å²) in [5.74, 6) is 0.760. The Hall–Kier alpha value is -1.40. The van der Waals surface area contributed by atoms with E-state index in [0.29, 0.717) is 5.69 Å². The molecule has 2 aromatic heterocycles. The molecule has 1 fully saturated rings. The van der Waals surface area contributed by atoms with Crippen LogP contribution in [-0.2, 0) is 4.74 Å². The highest BCUT2D eigenvalue weighted by atomic mass is 32.1. The van der Waals surface area contributed by atoms with Crippen LogP contribution in [0.4, 0.5) is 5.82 Å². The van der Waals surface area contributed by atoms with Crippen molar-refractivity contribution in [3.05, 3.63) is 17.3 Å². The number of nitrogens with zero attached hydrogens (tertiary/aromatic N) is 3. The van der Waals surface area contributed by atoms with Gasteiger partial charge >= 0.3 is 0 Å². The van der Waals surface area contributed by atoms with Crippen LogP contribution in [0, 0.1) is 0 Å². The maximum atomic E-state index is 11.5. The number of carbonyl (C=O) groups is 1. The van der Waals surface area contributed by atoms with E-state index in [2.05, 4.69) is 37.6 Å². The number of anilines is 1. The zero-order valence-corrected chi connectivity index (χ0v) is 13.0. The average molecular weight is 293 g/mol. The molecule has 3 rings (SSSR count). The van der Waals surface area contributed by atoms with Gasteiger partial charge in [0.1, 0.15) is 5.69 Å². The van der Waals surface area contributed by atoms with Gasteiger partial charge in [0.2, 0.25) is 0 Å². The van der Waals surface area contributed by atoms with Crippen molar-refractivity contribution in [3.63, 3.8) is 0 Å². The fraction of sp³-hybridized carbons (Fsp3) is 0.571. The second kappa shape index (κ2) is 4.30. The van der Waals surface area contributed by atoms with E-state index in [4.69, 9.17) is 4.74 Å². The number of fused-ring (bicyclic) bond motifs is 1. The van der Waals surface area contributed by atoms with Crippen molar-refractivity contribution in [2.24, 2.45) is 0 Å². The number of thiazole rings is 1. The van der Waals surface area contributed by atoms with Crippen molar-refractivity contribution >= 4 is 28.4 Å². The molecule has 0 bridgehead atoms. The lowest BCUT2D eigenvalue weighted by atomic mass is 9.99. The van der Waals surface area contributed by atoms with Crippen LogP contribution in [0.15, 0.2) is 11.6 Å². The van der Waals surface area contributed by atoms with E-state index in [-0.39, 0.29) is 11.2 Å². The highest BCUT2D eigenvalue weighted by Crippen LogP contribution is 2.33. The molecule has 0 radical (unpaired) electrons. The van der Waals surface area contributed by atoms with E-state index in [1.807, 2.05) is 16.0 Å². The zero-order valence-electron chi connectivity index (χ0n) is 12.2. The largest absolute Gasteiger partial charge is 0.366 e. The van der Waals surface area contributed by atoms with E-state index in [1.165, 1.54) is 11.3 Å². The van der Waals surface area contributed by atoms with Gasteiger partial charge < -0.3 is 9.64 Å². The van der Waals surface area contributed by atoms with Crippen molar-refractivity contribution in [1.82, 2.24) is 9.38 Å². The van der Waals surface area contributed by atoms with Crippen molar-refractivity contribution in [1.29, 1.82) is 0 Å². The number of morpholine rings is 1. The Labute approximate surface area is 122 Å². The molecule has 0 amide bonds. The van der Waals surface area contributed by atoms with Crippen LogP contribution >= 0.6 is 11.3 Å². The first-order valence-electron chi connectivity index (χ1n) is 6.67. The molecule has 0 saturated carbocycles. The molecule has 0 aromatic carbocycles. The van der Waals surface area contributed by atoms with Crippen LogP contribution in [0.1, 0.15) is 38.2 Å². The average Bonchev–Trinajstić information content (AvgIpc) is 2.82. The molecule has 6 heteroatoms. The minimum absolute atomic E-state index is 0.265. The maximum absolute atomic E-state index is 11.5. The van der Waals surface area contributed by atoms with E-state index in [0.717, 1.165) is 30.2 Å². The molecular weight excluding hydrogens is 274 g/mol. The minimum Gasteiger partial charge on any atom is -0.366 e. The van der Waals surface area contributed by atoms with Crippen molar-refractivity contribution in [2.75, 3.05) is 18.0 Å². The summed E-state index contributed by atoms with van der Waals surface area (Å²) >= 11 is 1.54. The van der Waals surface area contributed by atoms with Crippen LogP contribution in [0.25, 0.3) is 4.96 Å². The first kappa shape index (κ1) is 13.6. The van der Waals surface area contributed by atoms with Crippen molar-refractivity contribution in [2.45, 2.75) is 38.9 Å². The number of hydrogen-bond donors (Lipinski definition) is 0. The summed E-state index contributed by atoms with van der Waals surface area (Å²) in [6, 6.07) is 0. The van der Waals surface area contributed by atoms with Crippen LogP contribution < -0.4 is 4.90 Å². The third-order valence-electron chi connectivity index (χ3n) is 3.39. The molecular formula is C14H19N3O2S. The van der Waals surface area contributed by atoms with Gasteiger partial charge in [-0.2, -0.15) is 0 Å². The number of rotatable bonds is 2. The Morgan fingerprint density at radius 2 is 1.95 bits per heavy atom. The van der Waals surface area contributed by atoms with Crippen LogP contribution in [0.5, 0.6) is 0 Å². The van der Waals surface area contributed by atoms with Crippen molar-refractivity contribution in [3.8, 4) is 0 Å². The Bertz CT molecular complexity index is 640. The molecule has 0 unspecified atom stereocenters. The molecule has 1 aliphatic rings. The Kier molecular flexibility index (Phi) is 2.92. The third kappa shape index (κ3) is 2.23. The zero-order chi connectivity index (χ0) is 14.5. The molecule has 0 spiro atoms. The summed E-state index contributed by atoms with van der Waals surface area (Å²) in [5.41, 5.74) is 0.0903. The SMILES string of the molecule is CC1(C)CN(c2nc3sccn3c2C=O)CC(C)(C)O1. The number of carbonyl (C=O) groups excluding carboxylic acids is 1. The Morgan fingerprint density at radius 3 is 2.55 bits per heavy atom. The topological polar surface area (TPSA) is 46.8 Å². The molecule has 0 N–H and O–H groups in total. The molecule has 3 heterocycles. The summed E-state index contributed by atoms with van der Waals surface area (Å²) in [7, 11) is 0. The lowest BCUT2D eigenvalue weighted by Gasteiger charge is -2.47. The van der Waals surface area contributed by atoms with E-state index in [9.17, 15) is 4.79 Å². The fourth-order valence-corrected chi connectivity index (χ4v) is 3.79. The Morgan fingerprint density at radius 1 is 1.30 bits per heavy atom. The van der Waals surface area contributed by atoms with Gasteiger partial charge in [0, 0.05) is 24.7 Å². The van der Waals surface area contributed by atoms with E-state index < -0.39 is 0 Å². The van der Waals surface area contributed by atoms with Crippen LogP contribution in [0.3, 0.4) is 0 Å². The second-order valence-corrected chi connectivity index (χ2v) is 7.34. The van der Waals surface area contributed by atoms with E-state index in [1.54, 1.807) is 0 Å². The number of aldehydes is 1. The maximum Gasteiger partial charge on any atom is 0.196 e. The fourth-order valence-electron chi connectivity index (χ4n) is 3.07. The molecule has 2 aromatic rings. The van der Waals surface area contributed by atoms with Gasteiger partial charge in [-0.05, 0) is 27.7 Å². The Balaban J connectivity index is 2.05. The standard InChI is InChI=1S/C14H19N3O2S/c1-13(2)8-16(9-14(3,4)19-13)11-10(7-18)17-5-6-20-12(17)15-11/h5-7H,8-9H2,1-4H3. The number of imidazole rings is 1. The summed E-state index contributed by atoms with van der Waals surface area (Å²) in [5, 5.41) is 1.94. The summed E-state index contributed by atoms with van der Waals surface area (Å²) in [6.07, 6.45) is 2.77. The summed E-state index contributed by atoms with van der Waals surface area (Å²) < 4.78 is 7.93. The van der Waals surface area contributed by atoms with Gasteiger partial charge in [-0.15, -0.1) is 11.3 Å². The van der Waals surface area contributed by atoms with Gasteiger partial charge in [-0.3, -0.25) is 9.20 Å². The van der Waals surface area contributed by atoms with Crippen LogP contribution in [0.2, 0.25) is 0 Å². The molecule has 108 valence electrons. The summed E-state index contributed by atoms with van der Waals surface area (Å²) in [4.78, 5) is 19.1. The molecule has 20 heavy (non-hydrogen) atoms. The molecule has 1 aliphatic heterocycles. The van der Waals surface area contributed by atoms with Gasteiger partial charge in [-0.1, -0.05) is 0 Å². The highest BCUT2D eigenvalue weighted by molar-refractivity contribution is 7.15. The predicted molar refractivity (Wildman–Crippen MR) is 79.9 cm³/mol. The highest BCUT2D eigenvalue weighted by Gasteiger charge is 2.39. The molecule has 0 aliphatic carbocycles. The van der Waals surface area contributed by atoms with Gasteiger partial charge in [0.25, 0.3) is 0 Å². The first-order valence-corrected chi connectivity index (χ1v) is 7.55. The lowest BCUT2D eigenvalue weighted by Crippen LogP contribution is -2.57. The first-order chi connectivity index (χ1) is 9.31. The van der Waals surface area contributed by atoms with Gasteiger partial charge in [-0.25, -0.2) is 4.98 Å². The van der Waals surface area contributed by atoms with Crippen LogP contribution in [-0.4, -0.2) is 40.0 Å². The summed E-state index contributed by atoms with van der Waals surface area (Å²) in [6.45, 7) is 9.73. The number of ether oxygens (including phenoxy) is 1. The van der Waals surface area contributed by atoms with Crippen molar-refractivity contribution < 1.29 is 9.53 Å². The smallest absolute Gasteiger partial charge is 0.196 e. The normalized spacial score (nSPS) is 21.3. The van der Waals surface area contributed by atoms with Gasteiger partial charge in [0.05, 0.1) is 11.2 Å². The quantitative estimate of drug-likeness (QED) is 0.799. The number of aromatic nitrogens is 2. The monoisotopic (exact) mass is 293 g/mol. The number of hydrogen-bond acceptors (Lipinski definition) is 5. The minimum atomic E-state index is -0.265. The van der Waals surface area contributed by atoms with E-state index >= 15 is 0 Å². The third-order valence-corrected chi connectivity index (χ3v) is 4.14. The van der Waals surface area contributed by atoms with Gasteiger partial charge in [0.15, 0.2) is 17.1 Å². The second-order valence-electron chi connectivity index (χ2n) is 6.47. The predicted octanol–water partition coefficient (Wildman–Crippen LogP) is 2.60. The molecule has 0 atom stereocenters. The molecule has 5 nitrogen and oxygen atoms in total. The lowest BCUT2D eigenvalue weighted by molar-refractivity contribution is -0.133. The molecule has 1 saturated heterocycles.